The van der Waals surface area contributed by atoms with E-state index in [1.807, 2.05) is 13.8 Å². The fourth-order valence-corrected chi connectivity index (χ4v) is 2.39. The second kappa shape index (κ2) is 8.86. The normalized spacial score (nSPS) is 25.4. The van der Waals surface area contributed by atoms with E-state index in [0.717, 1.165) is 32.4 Å². The minimum Gasteiger partial charge on any atom is -0.393 e. The van der Waals surface area contributed by atoms with Gasteiger partial charge in [0.2, 0.25) is 0 Å². The van der Waals surface area contributed by atoms with E-state index >= 15 is 0 Å². The van der Waals surface area contributed by atoms with Gasteiger partial charge in [0.15, 0.2) is 6.29 Å². The summed E-state index contributed by atoms with van der Waals surface area (Å²) in [6, 6.07) is 0. The SMILES string of the molecule is CCOC(CNCC1CCCC(O)C1)OCC. The molecular weight excluding hydrogens is 218 g/mol. The zero-order valence-electron chi connectivity index (χ0n) is 11.2. The molecular formula is C13H27NO3. The molecule has 17 heavy (non-hydrogen) atoms. The van der Waals surface area contributed by atoms with Crippen molar-refractivity contribution in [2.75, 3.05) is 26.3 Å². The van der Waals surface area contributed by atoms with Crippen molar-refractivity contribution in [3.63, 3.8) is 0 Å². The summed E-state index contributed by atoms with van der Waals surface area (Å²) in [5.41, 5.74) is 0. The molecule has 2 atom stereocenters. The molecule has 1 aliphatic carbocycles. The van der Waals surface area contributed by atoms with Crippen LogP contribution in [0.25, 0.3) is 0 Å². The van der Waals surface area contributed by atoms with Crippen LogP contribution in [0.2, 0.25) is 0 Å². The van der Waals surface area contributed by atoms with Crippen molar-refractivity contribution in [1.29, 1.82) is 0 Å². The summed E-state index contributed by atoms with van der Waals surface area (Å²) in [6.07, 6.45) is 4.03. The van der Waals surface area contributed by atoms with Gasteiger partial charge in [0.05, 0.1) is 6.10 Å². The van der Waals surface area contributed by atoms with Crippen LogP contribution in [0.4, 0.5) is 0 Å². The molecule has 4 nitrogen and oxygen atoms in total. The van der Waals surface area contributed by atoms with Crippen LogP contribution >= 0.6 is 0 Å². The van der Waals surface area contributed by atoms with Gasteiger partial charge in [0.1, 0.15) is 0 Å². The first-order valence-corrected chi connectivity index (χ1v) is 6.88. The van der Waals surface area contributed by atoms with Crippen molar-refractivity contribution in [3.05, 3.63) is 0 Å². The van der Waals surface area contributed by atoms with Gasteiger partial charge in [0, 0.05) is 19.8 Å². The molecule has 1 saturated carbocycles. The van der Waals surface area contributed by atoms with Crippen LogP contribution < -0.4 is 5.32 Å². The number of aliphatic hydroxyl groups is 1. The molecule has 2 unspecified atom stereocenters. The van der Waals surface area contributed by atoms with Gasteiger partial charge in [-0.15, -0.1) is 0 Å². The Bertz CT molecular complexity index is 179. The van der Waals surface area contributed by atoms with Gasteiger partial charge < -0.3 is 19.9 Å². The molecule has 0 aromatic rings. The maximum Gasteiger partial charge on any atom is 0.169 e. The highest BCUT2D eigenvalue weighted by molar-refractivity contribution is 4.73. The highest BCUT2D eigenvalue weighted by atomic mass is 16.7. The first-order chi connectivity index (χ1) is 8.26. The van der Waals surface area contributed by atoms with Crippen LogP contribution in [0.3, 0.4) is 0 Å². The number of hydrogen-bond acceptors (Lipinski definition) is 4. The molecule has 4 heteroatoms. The second-order valence-corrected chi connectivity index (χ2v) is 4.68. The van der Waals surface area contributed by atoms with E-state index in [1.54, 1.807) is 0 Å². The van der Waals surface area contributed by atoms with Gasteiger partial charge in [-0.25, -0.2) is 0 Å². The summed E-state index contributed by atoms with van der Waals surface area (Å²) in [4.78, 5) is 0. The van der Waals surface area contributed by atoms with Crippen LogP contribution in [-0.2, 0) is 9.47 Å². The van der Waals surface area contributed by atoms with E-state index in [9.17, 15) is 5.11 Å². The zero-order chi connectivity index (χ0) is 12.5. The van der Waals surface area contributed by atoms with Crippen molar-refractivity contribution in [3.8, 4) is 0 Å². The topological polar surface area (TPSA) is 50.7 Å². The molecule has 0 amide bonds. The zero-order valence-corrected chi connectivity index (χ0v) is 11.2. The first-order valence-electron chi connectivity index (χ1n) is 6.88. The minimum atomic E-state index is -0.140. The molecule has 0 aromatic carbocycles. The summed E-state index contributed by atoms with van der Waals surface area (Å²) in [5.74, 6) is 0.600. The quantitative estimate of drug-likeness (QED) is 0.637. The van der Waals surface area contributed by atoms with Crippen LogP contribution in [0.5, 0.6) is 0 Å². The minimum absolute atomic E-state index is 0.0925. The molecule has 1 fully saturated rings. The average molecular weight is 245 g/mol. The fourth-order valence-electron chi connectivity index (χ4n) is 2.39. The maximum atomic E-state index is 9.58. The standard InChI is InChI=1S/C13H27NO3/c1-3-16-13(17-4-2)10-14-9-11-6-5-7-12(15)8-11/h11-15H,3-10H2,1-2H3. The number of hydrogen-bond donors (Lipinski definition) is 2. The molecule has 0 spiro atoms. The van der Waals surface area contributed by atoms with Gasteiger partial charge in [-0.2, -0.15) is 0 Å². The van der Waals surface area contributed by atoms with Crippen molar-refractivity contribution in [1.82, 2.24) is 5.32 Å². The number of ether oxygens (including phenoxy) is 2. The Hall–Kier alpha value is -0.160. The maximum absolute atomic E-state index is 9.58. The Morgan fingerprint density at radius 2 is 1.94 bits per heavy atom. The summed E-state index contributed by atoms with van der Waals surface area (Å²) >= 11 is 0. The molecule has 0 heterocycles. The van der Waals surface area contributed by atoms with Gasteiger partial charge in [0.25, 0.3) is 0 Å². The lowest BCUT2D eigenvalue weighted by Gasteiger charge is -2.26. The summed E-state index contributed by atoms with van der Waals surface area (Å²) in [7, 11) is 0. The molecule has 0 aliphatic heterocycles. The molecule has 102 valence electrons. The third-order valence-corrected chi connectivity index (χ3v) is 3.20. The van der Waals surface area contributed by atoms with Crippen LogP contribution in [0, 0.1) is 5.92 Å². The highest BCUT2D eigenvalue weighted by Crippen LogP contribution is 2.23. The molecule has 0 radical (unpaired) electrons. The highest BCUT2D eigenvalue weighted by Gasteiger charge is 2.20. The predicted octanol–water partition coefficient (Wildman–Crippen LogP) is 1.53. The Labute approximate surface area is 105 Å². The molecule has 0 aromatic heterocycles. The van der Waals surface area contributed by atoms with Gasteiger partial charge in [-0.05, 0) is 45.6 Å². The predicted molar refractivity (Wildman–Crippen MR) is 67.9 cm³/mol. The summed E-state index contributed by atoms with van der Waals surface area (Å²) < 4.78 is 10.9. The Morgan fingerprint density at radius 1 is 1.24 bits per heavy atom. The Morgan fingerprint density at radius 3 is 2.53 bits per heavy atom. The van der Waals surface area contributed by atoms with E-state index in [4.69, 9.17) is 9.47 Å². The van der Waals surface area contributed by atoms with E-state index < -0.39 is 0 Å². The Balaban J connectivity index is 2.11. The molecule has 2 N–H and O–H groups in total. The summed E-state index contributed by atoms with van der Waals surface area (Å²) in [5, 5.41) is 13.0. The third kappa shape index (κ3) is 6.36. The lowest BCUT2D eigenvalue weighted by Crippen LogP contribution is -2.36. The van der Waals surface area contributed by atoms with Gasteiger partial charge >= 0.3 is 0 Å². The van der Waals surface area contributed by atoms with Crippen molar-refractivity contribution >= 4 is 0 Å². The lowest BCUT2D eigenvalue weighted by molar-refractivity contribution is -0.133. The molecule has 1 aliphatic rings. The second-order valence-electron chi connectivity index (χ2n) is 4.68. The van der Waals surface area contributed by atoms with E-state index in [1.165, 1.54) is 6.42 Å². The molecule has 0 saturated heterocycles. The molecule has 1 rings (SSSR count). The van der Waals surface area contributed by atoms with Crippen molar-refractivity contribution in [2.24, 2.45) is 5.92 Å². The number of nitrogens with one attached hydrogen (secondary N) is 1. The Kier molecular flexibility index (Phi) is 7.77. The van der Waals surface area contributed by atoms with E-state index in [-0.39, 0.29) is 12.4 Å². The lowest BCUT2D eigenvalue weighted by atomic mass is 9.87. The first kappa shape index (κ1) is 14.9. The summed E-state index contributed by atoms with van der Waals surface area (Å²) in [6.45, 7) is 6.98. The van der Waals surface area contributed by atoms with E-state index in [2.05, 4.69) is 5.32 Å². The average Bonchev–Trinajstić information content (AvgIpc) is 2.30. The monoisotopic (exact) mass is 245 g/mol. The van der Waals surface area contributed by atoms with Crippen molar-refractivity contribution < 1.29 is 14.6 Å². The van der Waals surface area contributed by atoms with Crippen LogP contribution in [-0.4, -0.2) is 43.8 Å². The molecule has 0 bridgehead atoms. The van der Waals surface area contributed by atoms with Gasteiger partial charge in [-0.3, -0.25) is 0 Å². The number of rotatable bonds is 8. The largest absolute Gasteiger partial charge is 0.393 e. The van der Waals surface area contributed by atoms with Gasteiger partial charge in [-0.1, -0.05) is 6.42 Å². The van der Waals surface area contributed by atoms with E-state index in [0.29, 0.717) is 19.1 Å². The smallest absolute Gasteiger partial charge is 0.169 e. The third-order valence-electron chi connectivity index (χ3n) is 3.20. The van der Waals surface area contributed by atoms with Crippen LogP contribution in [0.1, 0.15) is 39.5 Å². The fraction of sp³-hybridized carbons (Fsp3) is 1.00. The number of aliphatic hydroxyl groups excluding tert-OH is 1. The van der Waals surface area contributed by atoms with Crippen molar-refractivity contribution in [2.45, 2.75) is 51.9 Å². The van der Waals surface area contributed by atoms with Crippen LogP contribution in [0.15, 0.2) is 0 Å².